The van der Waals surface area contributed by atoms with Gasteiger partial charge in [-0.25, -0.2) is 4.79 Å². The third kappa shape index (κ3) is 3.48. The van der Waals surface area contributed by atoms with E-state index in [0.717, 1.165) is 29.6 Å². The molecule has 2 aromatic rings. The van der Waals surface area contributed by atoms with Gasteiger partial charge in [0.05, 0.1) is 17.1 Å². The van der Waals surface area contributed by atoms with Gasteiger partial charge in [-0.15, -0.1) is 0 Å². The fourth-order valence-electron chi connectivity index (χ4n) is 2.14. The summed E-state index contributed by atoms with van der Waals surface area (Å²) in [6.45, 7) is 2.76. The van der Waals surface area contributed by atoms with E-state index >= 15 is 0 Å². The minimum absolute atomic E-state index is 0.0374. The van der Waals surface area contributed by atoms with Crippen molar-refractivity contribution < 1.29 is 4.79 Å². The predicted octanol–water partition coefficient (Wildman–Crippen LogP) is 1.03. The molecule has 0 saturated heterocycles. The number of rotatable bonds is 6. The van der Waals surface area contributed by atoms with Crippen LogP contribution in [0.4, 0.5) is 0 Å². The summed E-state index contributed by atoms with van der Waals surface area (Å²) >= 11 is 0. The van der Waals surface area contributed by atoms with Crippen LogP contribution in [-0.2, 0) is 4.79 Å². The number of hydrogen-bond acceptors (Lipinski definition) is 3. The van der Waals surface area contributed by atoms with Crippen LogP contribution in [-0.4, -0.2) is 29.5 Å². The van der Waals surface area contributed by atoms with E-state index in [1.165, 1.54) is 0 Å². The van der Waals surface area contributed by atoms with Gasteiger partial charge in [-0.3, -0.25) is 4.79 Å². The van der Waals surface area contributed by atoms with E-state index in [9.17, 15) is 9.59 Å². The zero-order valence-corrected chi connectivity index (χ0v) is 11.7. The van der Waals surface area contributed by atoms with Crippen LogP contribution in [0.1, 0.15) is 31.4 Å². The Morgan fingerprint density at radius 1 is 1.30 bits per heavy atom. The van der Waals surface area contributed by atoms with Gasteiger partial charge in [0.1, 0.15) is 0 Å². The lowest BCUT2D eigenvalue weighted by Crippen LogP contribution is -2.27. The molecule has 1 aromatic carbocycles. The summed E-state index contributed by atoms with van der Waals surface area (Å²) in [4.78, 5) is 28.4. The highest BCUT2D eigenvalue weighted by molar-refractivity contribution is 5.77. The minimum Gasteiger partial charge on any atom is -0.350 e. The number of carbonyl (C=O) groups is 1. The summed E-state index contributed by atoms with van der Waals surface area (Å²) in [6.07, 6.45) is 1.33. The SMILES string of the molecule is CNCCCC(=O)NC(C)c1ccc2[nH]c(=O)[nH]c2c1. The Bertz CT molecular complexity index is 644. The lowest BCUT2D eigenvalue weighted by Gasteiger charge is -2.14. The number of amides is 1. The molecule has 0 fully saturated rings. The fourth-order valence-corrected chi connectivity index (χ4v) is 2.14. The third-order valence-electron chi connectivity index (χ3n) is 3.25. The van der Waals surface area contributed by atoms with Crippen LogP contribution >= 0.6 is 0 Å². The topological polar surface area (TPSA) is 89.8 Å². The lowest BCUT2D eigenvalue weighted by atomic mass is 10.1. The highest BCUT2D eigenvalue weighted by atomic mass is 16.1. The maximum Gasteiger partial charge on any atom is 0.323 e. The van der Waals surface area contributed by atoms with Crippen LogP contribution in [0, 0.1) is 0 Å². The van der Waals surface area contributed by atoms with Crippen molar-refractivity contribution in [2.45, 2.75) is 25.8 Å². The Kier molecular flexibility index (Phi) is 4.57. The molecule has 0 spiro atoms. The van der Waals surface area contributed by atoms with Gasteiger partial charge in [0.15, 0.2) is 0 Å². The molecule has 1 unspecified atom stereocenters. The van der Waals surface area contributed by atoms with Crippen LogP contribution in [0.3, 0.4) is 0 Å². The Labute approximate surface area is 117 Å². The second-order valence-corrected chi connectivity index (χ2v) is 4.88. The third-order valence-corrected chi connectivity index (χ3v) is 3.25. The molecule has 4 N–H and O–H groups in total. The number of fused-ring (bicyclic) bond motifs is 1. The second kappa shape index (κ2) is 6.38. The molecule has 1 aromatic heterocycles. The summed E-state index contributed by atoms with van der Waals surface area (Å²) in [5.74, 6) is 0.0374. The van der Waals surface area contributed by atoms with Crippen LogP contribution in [0.25, 0.3) is 11.0 Å². The van der Waals surface area contributed by atoms with Crippen molar-refractivity contribution in [1.82, 2.24) is 20.6 Å². The number of aromatic nitrogens is 2. The van der Waals surface area contributed by atoms with Crippen molar-refractivity contribution in [1.29, 1.82) is 0 Å². The van der Waals surface area contributed by atoms with Gasteiger partial charge in [0.2, 0.25) is 5.91 Å². The molecule has 2 rings (SSSR count). The number of aromatic amines is 2. The van der Waals surface area contributed by atoms with Gasteiger partial charge in [-0.05, 0) is 44.6 Å². The molecule has 6 nitrogen and oxygen atoms in total. The van der Waals surface area contributed by atoms with E-state index in [-0.39, 0.29) is 17.6 Å². The van der Waals surface area contributed by atoms with Gasteiger partial charge in [-0.1, -0.05) is 6.07 Å². The number of nitrogens with one attached hydrogen (secondary N) is 4. The predicted molar refractivity (Wildman–Crippen MR) is 78.6 cm³/mol. The molecule has 0 aliphatic carbocycles. The summed E-state index contributed by atoms with van der Waals surface area (Å²) in [6, 6.07) is 5.54. The molecule has 0 aliphatic heterocycles. The molecule has 0 aliphatic rings. The van der Waals surface area contributed by atoms with Crippen molar-refractivity contribution in [2.24, 2.45) is 0 Å². The van der Waals surface area contributed by atoms with Crippen LogP contribution in [0.5, 0.6) is 0 Å². The Morgan fingerprint density at radius 3 is 2.80 bits per heavy atom. The van der Waals surface area contributed by atoms with Gasteiger partial charge < -0.3 is 20.6 Å². The van der Waals surface area contributed by atoms with E-state index in [4.69, 9.17) is 0 Å². The molecular formula is C14H20N4O2. The highest BCUT2D eigenvalue weighted by Gasteiger charge is 2.10. The Balaban J connectivity index is 2.01. The zero-order chi connectivity index (χ0) is 14.5. The van der Waals surface area contributed by atoms with E-state index in [0.29, 0.717) is 6.42 Å². The van der Waals surface area contributed by atoms with Gasteiger partial charge in [-0.2, -0.15) is 0 Å². The molecule has 6 heteroatoms. The van der Waals surface area contributed by atoms with Crippen molar-refractivity contribution in [3.05, 3.63) is 34.2 Å². The molecule has 1 amide bonds. The lowest BCUT2D eigenvalue weighted by molar-refractivity contribution is -0.121. The van der Waals surface area contributed by atoms with Crippen molar-refractivity contribution in [3.63, 3.8) is 0 Å². The first kappa shape index (κ1) is 14.3. The summed E-state index contributed by atoms with van der Waals surface area (Å²) < 4.78 is 0. The van der Waals surface area contributed by atoms with Gasteiger partial charge >= 0.3 is 5.69 Å². The highest BCUT2D eigenvalue weighted by Crippen LogP contribution is 2.17. The number of H-pyrrole nitrogens is 2. The first-order chi connectivity index (χ1) is 9.60. The first-order valence-corrected chi connectivity index (χ1v) is 6.76. The monoisotopic (exact) mass is 276 g/mol. The largest absolute Gasteiger partial charge is 0.350 e. The van der Waals surface area contributed by atoms with E-state index in [2.05, 4.69) is 20.6 Å². The first-order valence-electron chi connectivity index (χ1n) is 6.76. The number of carbonyl (C=O) groups excluding carboxylic acids is 1. The average Bonchev–Trinajstić information content (AvgIpc) is 2.77. The molecule has 0 saturated carbocycles. The minimum atomic E-state index is -0.221. The average molecular weight is 276 g/mol. The Hall–Kier alpha value is -2.08. The second-order valence-electron chi connectivity index (χ2n) is 4.88. The summed E-state index contributed by atoms with van der Waals surface area (Å²) in [5.41, 5.74) is 2.27. The zero-order valence-electron chi connectivity index (χ0n) is 11.7. The molecule has 1 atom stereocenters. The quantitative estimate of drug-likeness (QED) is 0.594. The van der Waals surface area contributed by atoms with E-state index in [1.54, 1.807) is 0 Å². The van der Waals surface area contributed by atoms with Crippen LogP contribution in [0.15, 0.2) is 23.0 Å². The van der Waals surface area contributed by atoms with Crippen LogP contribution < -0.4 is 16.3 Å². The standard InChI is InChI=1S/C14H20N4O2/c1-9(16-13(19)4-3-7-15-2)10-5-6-11-12(8-10)18-14(20)17-11/h5-6,8-9,15H,3-4,7H2,1-2H3,(H,16,19)(H2,17,18,20). The maximum atomic E-state index is 11.8. The number of hydrogen-bond donors (Lipinski definition) is 4. The van der Waals surface area contributed by atoms with E-state index in [1.807, 2.05) is 32.2 Å². The van der Waals surface area contributed by atoms with Crippen molar-refractivity contribution in [2.75, 3.05) is 13.6 Å². The summed E-state index contributed by atoms with van der Waals surface area (Å²) in [7, 11) is 1.87. The molecule has 0 radical (unpaired) electrons. The molecular weight excluding hydrogens is 256 g/mol. The van der Waals surface area contributed by atoms with E-state index < -0.39 is 0 Å². The van der Waals surface area contributed by atoms with Crippen molar-refractivity contribution >= 4 is 16.9 Å². The maximum absolute atomic E-state index is 11.8. The van der Waals surface area contributed by atoms with Gasteiger partial charge in [0, 0.05) is 6.42 Å². The fraction of sp³-hybridized carbons (Fsp3) is 0.429. The number of imidazole rings is 1. The molecule has 0 bridgehead atoms. The Morgan fingerprint density at radius 2 is 2.05 bits per heavy atom. The normalized spacial score (nSPS) is 12.5. The number of benzene rings is 1. The summed E-state index contributed by atoms with van der Waals surface area (Å²) in [5, 5.41) is 5.97. The van der Waals surface area contributed by atoms with Gasteiger partial charge in [0.25, 0.3) is 0 Å². The van der Waals surface area contributed by atoms with Crippen molar-refractivity contribution in [3.8, 4) is 0 Å². The molecule has 1 heterocycles. The van der Waals surface area contributed by atoms with Crippen LogP contribution in [0.2, 0.25) is 0 Å². The smallest absolute Gasteiger partial charge is 0.323 e. The molecule has 108 valence electrons. The molecule has 20 heavy (non-hydrogen) atoms.